The van der Waals surface area contributed by atoms with Gasteiger partial charge in [-0.1, -0.05) is 35.4 Å². The molecule has 0 aromatic carbocycles. The molecule has 0 heterocycles. The SMILES string of the molecule is CC(C)(CS)CC1=C(Br)CCCC1. The van der Waals surface area contributed by atoms with Crippen LogP contribution in [-0.2, 0) is 0 Å². The Morgan fingerprint density at radius 3 is 2.46 bits per heavy atom. The van der Waals surface area contributed by atoms with Crippen LogP contribution in [0.1, 0.15) is 46.0 Å². The quantitative estimate of drug-likeness (QED) is 0.709. The van der Waals surface area contributed by atoms with E-state index in [-0.39, 0.29) is 0 Å². The van der Waals surface area contributed by atoms with Gasteiger partial charge >= 0.3 is 0 Å². The molecule has 0 atom stereocenters. The van der Waals surface area contributed by atoms with Crippen molar-refractivity contribution in [2.45, 2.75) is 46.0 Å². The summed E-state index contributed by atoms with van der Waals surface area (Å²) in [7, 11) is 0. The molecule has 0 fully saturated rings. The number of halogens is 1. The third-order valence-corrected chi connectivity index (χ3v) is 4.44. The van der Waals surface area contributed by atoms with Gasteiger partial charge < -0.3 is 0 Å². The molecule has 0 N–H and O–H groups in total. The minimum atomic E-state index is 0.356. The first kappa shape index (κ1) is 11.6. The molecular weight excluding hydrogens is 244 g/mol. The van der Waals surface area contributed by atoms with E-state index in [0.717, 1.165) is 5.75 Å². The first-order valence-electron chi connectivity index (χ1n) is 5.02. The highest BCUT2D eigenvalue weighted by molar-refractivity contribution is 9.11. The average molecular weight is 263 g/mol. The van der Waals surface area contributed by atoms with Crippen molar-refractivity contribution in [2.75, 3.05) is 5.75 Å². The van der Waals surface area contributed by atoms with Crippen molar-refractivity contribution in [1.82, 2.24) is 0 Å². The lowest BCUT2D eigenvalue weighted by atomic mass is 9.83. The Kier molecular flexibility index (Phi) is 4.37. The Bertz CT molecular complexity index is 206. The van der Waals surface area contributed by atoms with Gasteiger partial charge in [-0.15, -0.1) is 0 Å². The molecule has 0 aromatic heterocycles. The van der Waals surface area contributed by atoms with Crippen molar-refractivity contribution in [3.05, 3.63) is 10.1 Å². The molecule has 0 saturated heterocycles. The highest BCUT2D eigenvalue weighted by Crippen LogP contribution is 2.36. The second-order valence-electron chi connectivity index (χ2n) is 4.71. The van der Waals surface area contributed by atoms with Gasteiger partial charge in [0, 0.05) is 0 Å². The fourth-order valence-electron chi connectivity index (χ4n) is 1.75. The summed E-state index contributed by atoms with van der Waals surface area (Å²) < 4.78 is 1.47. The minimum Gasteiger partial charge on any atom is -0.179 e. The Morgan fingerprint density at radius 1 is 1.31 bits per heavy atom. The van der Waals surface area contributed by atoms with E-state index in [2.05, 4.69) is 42.4 Å². The molecule has 1 aliphatic carbocycles. The van der Waals surface area contributed by atoms with Crippen LogP contribution >= 0.6 is 28.6 Å². The summed E-state index contributed by atoms with van der Waals surface area (Å²) in [5, 5.41) is 0. The van der Waals surface area contributed by atoms with Gasteiger partial charge in [-0.05, 0) is 47.8 Å². The Hall–Kier alpha value is 0.570. The number of hydrogen-bond acceptors (Lipinski definition) is 1. The van der Waals surface area contributed by atoms with E-state index in [1.807, 2.05) is 0 Å². The first-order valence-corrected chi connectivity index (χ1v) is 6.45. The van der Waals surface area contributed by atoms with E-state index in [1.54, 1.807) is 5.57 Å². The molecule has 13 heavy (non-hydrogen) atoms. The van der Waals surface area contributed by atoms with Gasteiger partial charge in [0.1, 0.15) is 0 Å². The maximum absolute atomic E-state index is 4.39. The van der Waals surface area contributed by atoms with Gasteiger partial charge in [0.25, 0.3) is 0 Å². The smallest absolute Gasteiger partial charge is 0.00434 e. The summed E-state index contributed by atoms with van der Waals surface area (Å²) in [6.45, 7) is 4.59. The minimum absolute atomic E-state index is 0.356. The summed E-state index contributed by atoms with van der Waals surface area (Å²) in [5.41, 5.74) is 1.99. The molecule has 1 aliphatic rings. The topological polar surface area (TPSA) is 0 Å². The molecular formula is C11H19BrS. The molecule has 0 spiro atoms. The molecule has 1 rings (SSSR count). The molecule has 0 bridgehead atoms. The van der Waals surface area contributed by atoms with Crippen LogP contribution in [0.4, 0.5) is 0 Å². The second-order valence-corrected chi connectivity index (χ2v) is 5.99. The summed E-state index contributed by atoms with van der Waals surface area (Å²) in [6, 6.07) is 0. The summed E-state index contributed by atoms with van der Waals surface area (Å²) in [6.07, 6.45) is 6.46. The van der Waals surface area contributed by atoms with Crippen molar-refractivity contribution in [2.24, 2.45) is 5.41 Å². The van der Waals surface area contributed by atoms with Crippen molar-refractivity contribution in [1.29, 1.82) is 0 Å². The molecule has 0 aromatic rings. The number of rotatable bonds is 3. The lowest BCUT2D eigenvalue weighted by Crippen LogP contribution is -2.15. The van der Waals surface area contributed by atoms with Crippen LogP contribution in [0, 0.1) is 5.41 Å². The monoisotopic (exact) mass is 262 g/mol. The Balaban J connectivity index is 2.61. The standard InChI is InChI=1S/C11H19BrS/c1-11(2,8-13)7-9-5-3-4-6-10(9)12/h13H,3-8H2,1-2H3. The van der Waals surface area contributed by atoms with Crippen molar-refractivity contribution >= 4 is 28.6 Å². The third kappa shape index (κ3) is 3.67. The van der Waals surface area contributed by atoms with E-state index in [9.17, 15) is 0 Å². The van der Waals surface area contributed by atoms with E-state index < -0.39 is 0 Å². The number of thiol groups is 1. The van der Waals surface area contributed by atoms with Crippen LogP contribution in [0.2, 0.25) is 0 Å². The van der Waals surface area contributed by atoms with Crippen LogP contribution in [0.5, 0.6) is 0 Å². The van der Waals surface area contributed by atoms with Crippen molar-refractivity contribution in [3.8, 4) is 0 Å². The predicted octanol–water partition coefficient (Wildman–Crippen LogP) is 4.56. The summed E-state index contributed by atoms with van der Waals surface area (Å²) in [4.78, 5) is 0. The van der Waals surface area contributed by atoms with E-state index in [0.29, 0.717) is 5.41 Å². The predicted molar refractivity (Wildman–Crippen MR) is 66.7 cm³/mol. The summed E-state index contributed by atoms with van der Waals surface area (Å²) >= 11 is 8.08. The first-order chi connectivity index (χ1) is 6.05. The Labute approximate surface area is 95.7 Å². The average Bonchev–Trinajstić information content (AvgIpc) is 2.09. The highest BCUT2D eigenvalue weighted by atomic mass is 79.9. The molecule has 0 nitrogen and oxygen atoms in total. The fraction of sp³-hybridized carbons (Fsp3) is 0.818. The van der Waals surface area contributed by atoms with Gasteiger partial charge in [-0.2, -0.15) is 12.6 Å². The zero-order chi connectivity index (χ0) is 9.90. The van der Waals surface area contributed by atoms with Crippen LogP contribution in [-0.4, -0.2) is 5.75 Å². The van der Waals surface area contributed by atoms with Crippen molar-refractivity contribution < 1.29 is 0 Å². The van der Waals surface area contributed by atoms with E-state index >= 15 is 0 Å². The van der Waals surface area contributed by atoms with Crippen LogP contribution in [0.25, 0.3) is 0 Å². The van der Waals surface area contributed by atoms with Gasteiger partial charge in [-0.3, -0.25) is 0 Å². The summed E-state index contributed by atoms with van der Waals surface area (Å²) in [5.74, 6) is 0.969. The molecule has 76 valence electrons. The van der Waals surface area contributed by atoms with Crippen LogP contribution < -0.4 is 0 Å². The molecule has 0 saturated carbocycles. The second kappa shape index (κ2) is 4.88. The molecule has 0 unspecified atom stereocenters. The van der Waals surface area contributed by atoms with E-state index in [1.165, 1.54) is 36.6 Å². The number of hydrogen-bond donors (Lipinski definition) is 1. The third-order valence-electron chi connectivity index (χ3n) is 2.63. The van der Waals surface area contributed by atoms with Gasteiger partial charge in [0.15, 0.2) is 0 Å². The van der Waals surface area contributed by atoms with Crippen molar-refractivity contribution in [3.63, 3.8) is 0 Å². The lowest BCUT2D eigenvalue weighted by Gasteiger charge is -2.26. The van der Waals surface area contributed by atoms with E-state index in [4.69, 9.17) is 0 Å². The maximum Gasteiger partial charge on any atom is -0.00434 e. The van der Waals surface area contributed by atoms with Crippen LogP contribution in [0.15, 0.2) is 10.1 Å². The number of allylic oxidation sites excluding steroid dienone is 2. The largest absolute Gasteiger partial charge is 0.179 e. The molecule has 0 aliphatic heterocycles. The lowest BCUT2D eigenvalue weighted by molar-refractivity contribution is 0.409. The maximum atomic E-state index is 4.39. The van der Waals surface area contributed by atoms with Gasteiger partial charge in [0.2, 0.25) is 0 Å². The highest BCUT2D eigenvalue weighted by Gasteiger charge is 2.20. The van der Waals surface area contributed by atoms with Crippen LogP contribution in [0.3, 0.4) is 0 Å². The fourth-order valence-corrected chi connectivity index (χ4v) is 2.48. The van der Waals surface area contributed by atoms with Gasteiger partial charge in [-0.25, -0.2) is 0 Å². The molecule has 0 radical (unpaired) electrons. The van der Waals surface area contributed by atoms with Gasteiger partial charge in [0.05, 0.1) is 0 Å². The molecule has 2 heteroatoms. The zero-order valence-corrected chi connectivity index (χ0v) is 11.0. The normalized spacial score (nSPS) is 19.4. The Morgan fingerprint density at radius 2 is 1.92 bits per heavy atom. The zero-order valence-electron chi connectivity index (χ0n) is 8.57. The molecule has 0 amide bonds.